The average molecular weight is 281 g/mol. The van der Waals surface area contributed by atoms with Gasteiger partial charge in [0.1, 0.15) is 10.7 Å². The summed E-state index contributed by atoms with van der Waals surface area (Å²) in [5.74, 6) is 0.699. The Morgan fingerprint density at radius 1 is 1.47 bits per heavy atom. The number of sulfonamides is 1. The molecule has 1 aliphatic heterocycles. The summed E-state index contributed by atoms with van der Waals surface area (Å²) in [6.07, 6.45) is 6.10. The van der Waals surface area contributed by atoms with Gasteiger partial charge in [-0.1, -0.05) is 0 Å². The fourth-order valence-electron chi connectivity index (χ4n) is 2.46. The van der Waals surface area contributed by atoms with Gasteiger partial charge < -0.3 is 4.42 Å². The minimum atomic E-state index is -3.50. The minimum absolute atomic E-state index is 0.208. The Labute approximate surface area is 111 Å². The van der Waals surface area contributed by atoms with Crippen molar-refractivity contribution in [3.63, 3.8) is 0 Å². The molecule has 1 aliphatic rings. The lowest BCUT2D eigenvalue weighted by Crippen LogP contribution is -2.30. The molecule has 2 aromatic rings. The highest BCUT2D eigenvalue weighted by Crippen LogP contribution is 2.36. The molecule has 0 saturated carbocycles. The number of hydrogen-bond donors (Lipinski definition) is 0. The van der Waals surface area contributed by atoms with Crippen LogP contribution in [0.25, 0.3) is 0 Å². The fourth-order valence-corrected chi connectivity index (χ4v) is 4.11. The quantitative estimate of drug-likeness (QED) is 0.855. The van der Waals surface area contributed by atoms with Crippen molar-refractivity contribution in [2.24, 2.45) is 7.05 Å². The lowest BCUT2D eigenvalue weighted by molar-refractivity contribution is 0.340. The summed E-state index contributed by atoms with van der Waals surface area (Å²) < 4.78 is 33.5. The second kappa shape index (κ2) is 4.50. The van der Waals surface area contributed by atoms with E-state index in [0.29, 0.717) is 12.3 Å². The number of furan rings is 1. The van der Waals surface area contributed by atoms with Crippen LogP contribution in [0.2, 0.25) is 0 Å². The van der Waals surface area contributed by atoms with Crippen LogP contribution in [-0.2, 0) is 17.1 Å². The molecule has 3 heterocycles. The van der Waals surface area contributed by atoms with Gasteiger partial charge in [-0.05, 0) is 25.0 Å². The molecule has 0 aromatic carbocycles. The van der Waals surface area contributed by atoms with Gasteiger partial charge in [-0.25, -0.2) is 8.42 Å². The van der Waals surface area contributed by atoms with Gasteiger partial charge in [-0.2, -0.15) is 9.40 Å². The van der Waals surface area contributed by atoms with E-state index < -0.39 is 10.0 Å². The van der Waals surface area contributed by atoms with Crippen LogP contribution < -0.4 is 0 Å². The first-order valence-corrected chi connectivity index (χ1v) is 7.57. The monoisotopic (exact) mass is 281 g/mol. The molecular weight excluding hydrogens is 266 g/mol. The maximum Gasteiger partial charge on any atom is 0.246 e. The van der Waals surface area contributed by atoms with Crippen molar-refractivity contribution in [2.45, 2.75) is 23.8 Å². The van der Waals surface area contributed by atoms with Gasteiger partial charge in [0.2, 0.25) is 10.0 Å². The highest BCUT2D eigenvalue weighted by Gasteiger charge is 2.38. The maximum atomic E-state index is 12.6. The topological polar surface area (TPSA) is 68.3 Å². The van der Waals surface area contributed by atoms with Crippen molar-refractivity contribution in [1.82, 2.24) is 14.1 Å². The summed E-state index contributed by atoms with van der Waals surface area (Å²) >= 11 is 0. The van der Waals surface area contributed by atoms with Crippen molar-refractivity contribution in [1.29, 1.82) is 0 Å². The molecule has 1 saturated heterocycles. The van der Waals surface area contributed by atoms with Crippen LogP contribution in [0.3, 0.4) is 0 Å². The van der Waals surface area contributed by atoms with E-state index in [-0.39, 0.29) is 10.9 Å². The standard InChI is InChI=1S/C12H15N3O3S/c1-14-9-10(8-13-14)19(16,17)15-6-2-4-11(15)12-5-3-7-18-12/h3,5,7-9,11H,2,4,6H2,1H3/t11-/m1/s1. The Kier molecular flexibility index (Phi) is 2.94. The molecule has 0 bridgehead atoms. The normalized spacial score (nSPS) is 21.0. The van der Waals surface area contributed by atoms with Crippen molar-refractivity contribution in [2.75, 3.05) is 6.54 Å². The van der Waals surface area contributed by atoms with Crippen LogP contribution in [0.4, 0.5) is 0 Å². The zero-order valence-corrected chi connectivity index (χ0v) is 11.4. The molecule has 0 N–H and O–H groups in total. The van der Waals surface area contributed by atoms with Crippen molar-refractivity contribution in [3.05, 3.63) is 36.5 Å². The van der Waals surface area contributed by atoms with E-state index >= 15 is 0 Å². The van der Waals surface area contributed by atoms with E-state index in [0.717, 1.165) is 12.8 Å². The fraction of sp³-hybridized carbons (Fsp3) is 0.417. The van der Waals surface area contributed by atoms with Crippen molar-refractivity contribution >= 4 is 10.0 Å². The molecule has 7 heteroatoms. The van der Waals surface area contributed by atoms with E-state index in [1.165, 1.54) is 21.4 Å². The Hall–Kier alpha value is -1.60. The highest BCUT2D eigenvalue weighted by atomic mass is 32.2. The molecule has 1 fully saturated rings. The van der Waals surface area contributed by atoms with Gasteiger partial charge in [0.25, 0.3) is 0 Å². The SMILES string of the molecule is Cn1cc(S(=O)(=O)N2CCC[C@@H]2c2ccco2)cn1. The van der Waals surface area contributed by atoms with Crippen molar-refractivity contribution in [3.8, 4) is 0 Å². The van der Waals surface area contributed by atoms with Gasteiger partial charge in [-0.3, -0.25) is 4.68 Å². The zero-order chi connectivity index (χ0) is 13.5. The summed E-state index contributed by atoms with van der Waals surface area (Å²) in [6, 6.07) is 3.39. The molecular formula is C12H15N3O3S. The van der Waals surface area contributed by atoms with Gasteiger partial charge in [0, 0.05) is 19.8 Å². The van der Waals surface area contributed by atoms with Gasteiger partial charge >= 0.3 is 0 Å². The van der Waals surface area contributed by atoms with E-state index in [2.05, 4.69) is 5.10 Å². The smallest absolute Gasteiger partial charge is 0.246 e. The third-order valence-electron chi connectivity index (χ3n) is 3.36. The van der Waals surface area contributed by atoms with Crippen LogP contribution in [0.15, 0.2) is 40.1 Å². The Bertz CT molecular complexity index is 660. The number of aromatic nitrogens is 2. The van der Waals surface area contributed by atoms with E-state index in [4.69, 9.17) is 4.42 Å². The van der Waals surface area contributed by atoms with E-state index in [9.17, 15) is 8.42 Å². The molecule has 0 aliphatic carbocycles. The largest absolute Gasteiger partial charge is 0.468 e. The lowest BCUT2D eigenvalue weighted by atomic mass is 10.2. The van der Waals surface area contributed by atoms with Crippen LogP contribution in [0.5, 0.6) is 0 Å². The molecule has 3 rings (SSSR count). The molecule has 1 atom stereocenters. The highest BCUT2D eigenvalue weighted by molar-refractivity contribution is 7.89. The maximum absolute atomic E-state index is 12.6. The summed E-state index contributed by atoms with van der Waals surface area (Å²) in [4.78, 5) is 0.230. The molecule has 0 unspecified atom stereocenters. The minimum Gasteiger partial charge on any atom is -0.468 e. The molecule has 102 valence electrons. The number of rotatable bonds is 3. The summed E-state index contributed by atoms with van der Waals surface area (Å²) in [5.41, 5.74) is 0. The Morgan fingerprint density at radius 2 is 2.32 bits per heavy atom. The van der Waals surface area contributed by atoms with Crippen LogP contribution in [0, 0.1) is 0 Å². The van der Waals surface area contributed by atoms with E-state index in [1.54, 1.807) is 19.4 Å². The lowest BCUT2D eigenvalue weighted by Gasteiger charge is -2.21. The number of aryl methyl sites for hydroxylation is 1. The number of hydrogen-bond acceptors (Lipinski definition) is 4. The van der Waals surface area contributed by atoms with Gasteiger partial charge in [-0.15, -0.1) is 0 Å². The summed E-state index contributed by atoms with van der Waals surface area (Å²) in [7, 11) is -1.80. The molecule has 6 nitrogen and oxygen atoms in total. The first-order chi connectivity index (χ1) is 9.09. The van der Waals surface area contributed by atoms with Crippen LogP contribution >= 0.6 is 0 Å². The zero-order valence-electron chi connectivity index (χ0n) is 10.6. The first kappa shape index (κ1) is 12.4. The predicted octanol–water partition coefficient (Wildman–Crippen LogP) is 1.54. The molecule has 0 spiro atoms. The Balaban J connectivity index is 1.96. The first-order valence-electron chi connectivity index (χ1n) is 6.13. The molecule has 0 radical (unpaired) electrons. The average Bonchev–Trinajstić information content (AvgIpc) is 3.09. The second-order valence-corrected chi connectivity index (χ2v) is 6.53. The third-order valence-corrected chi connectivity index (χ3v) is 5.22. The second-order valence-electron chi connectivity index (χ2n) is 4.64. The van der Waals surface area contributed by atoms with Crippen molar-refractivity contribution < 1.29 is 12.8 Å². The summed E-state index contributed by atoms with van der Waals surface area (Å²) in [5, 5.41) is 3.93. The van der Waals surface area contributed by atoms with E-state index in [1.807, 2.05) is 6.07 Å². The van der Waals surface area contributed by atoms with Crippen LogP contribution in [-0.4, -0.2) is 29.0 Å². The number of nitrogens with zero attached hydrogens (tertiary/aromatic N) is 3. The molecule has 2 aromatic heterocycles. The van der Waals surface area contributed by atoms with Gasteiger partial charge in [0.15, 0.2) is 0 Å². The van der Waals surface area contributed by atoms with Crippen LogP contribution in [0.1, 0.15) is 24.6 Å². The third kappa shape index (κ3) is 2.08. The molecule has 0 amide bonds. The van der Waals surface area contributed by atoms with Gasteiger partial charge in [0.05, 0.1) is 18.5 Å². The molecule has 19 heavy (non-hydrogen) atoms. The Morgan fingerprint density at radius 3 is 2.95 bits per heavy atom. The predicted molar refractivity (Wildman–Crippen MR) is 67.8 cm³/mol. The summed E-state index contributed by atoms with van der Waals surface area (Å²) in [6.45, 7) is 0.516.